The summed E-state index contributed by atoms with van der Waals surface area (Å²) in [4.78, 5) is 4.44. The van der Waals surface area contributed by atoms with Gasteiger partial charge in [0.1, 0.15) is 0 Å². The Bertz CT molecular complexity index is 525. The quantitative estimate of drug-likeness (QED) is 0.883. The van der Waals surface area contributed by atoms with Crippen LogP contribution in [-0.4, -0.2) is 20.3 Å². The number of nitrogens with two attached hydrogens (primary N) is 1. The van der Waals surface area contributed by atoms with Crippen LogP contribution >= 0.6 is 0 Å². The Morgan fingerprint density at radius 1 is 1.47 bits per heavy atom. The number of aromatic amines is 1. The molecule has 3 N–H and O–H groups in total. The molecule has 3 rings (SSSR count). The molecule has 2 aromatic rings. The van der Waals surface area contributed by atoms with Crippen LogP contribution in [0, 0.1) is 5.92 Å². The molecule has 0 bridgehead atoms. The first kappa shape index (κ1) is 12.3. The highest BCUT2D eigenvalue weighted by atomic mass is 16.5. The van der Waals surface area contributed by atoms with Gasteiger partial charge in [0.15, 0.2) is 5.82 Å². The van der Waals surface area contributed by atoms with Gasteiger partial charge in [0.25, 0.3) is 5.89 Å². The molecular weight excluding hydrogens is 242 g/mol. The molecule has 6 nitrogen and oxygen atoms in total. The predicted octanol–water partition coefficient (Wildman–Crippen LogP) is 2.21. The van der Waals surface area contributed by atoms with Crippen LogP contribution in [0.5, 0.6) is 0 Å². The van der Waals surface area contributed by atoms with Gasteiger partial charge in [-0.05, 0) is 31.6 Å². The van der Waals surface area contributed by atoms with Crippen LogP contribution in [0.25, 0.3) is 11.5 Å². The van der Waals surface area contributed by atoms with E-state index in [1.165, 1.54) is 6.42 Å². The predicted molar refractivity (Wildman–Crippen MR) is 70.0 cm³/mol. The lowest BCUT2D eigenvalue weighted by molar-refractivity contribution is 0.216. The maximum Gasteiger partial charge on any atom is 0.261 e. The maximum atomic E-state index is 6.46. The molecule has 102 valence electrons. The first-order valence-electron chi connectivity index (χ1n) is 6.83. The van der Waals surface area contributed by atoms with Crippen LogP contribution in [0.15, 0.2) is 16.9 Å². The van der Waals surface area contributed by atoms with Gasteiger partial charge in [-0.15, -0.1) is 0 Å². The lowest BCUT2D eigenvalue weighted by Gasteiger charge is -2.34. The molecule has 0 saturated heterocycles. The zero-order valence-corrected chi connectivity index (χ0v) is 11.1. The van der Waals surface area contributed by atoms with E-state index in [1.807, 2.05) is 0 Å². The standard InChI is InChI=1S/C13H19N5O/c1-2-9-3-5-13(14,6-4-9)12-17-11(19-18-12)10-7-15-16-8-10/h7-9H,2-6,14H2,1H3,(H,15,16). The fourth-order valence-electron chi connectivity index (χ4n) is 2.74. The highest BCUT2D eigenvalue weighted by Gasteiger charge is 2.37. The number of aromatic nitrogens is 4. The number of nitrogens with zero attached hydrogens (tertiary/aromatic N) is 3. The Kier molecular flexibility index (Phi) is 3.10. The largest absolute Gasteiger partial charge is 0.334 e. The van der Waals surface area contributed by atoms with Gasteiger partial charge in [-0.25, -0.2) is 0 Å². The van der Waals surface area contributed by atoms with Crippen molar-refractivity contribution in [2.24, 2.45) is 11.7 Å². The average Bonchev–Trinajstić information content (AvgIpc) is 3.10. The van der Waals surface area contributed by atoms with Crippen molar-refractivity contribution in [3.05, 3.63) is 18.2 Å². The molecule has 1 aliphatic rings. The van der Waals surface area contributed by atoms with Crippen LogP contribution < -0.4 is 5.73 Å². The first-order chi connectivity index (χ1) is 9.21. The van der Waals surface area contributed by atoms with Gasteiger partial charge in [-0.1, -0.05) is 18.5 Å². The van der Waals surface area contributed by atoms with E-state index < -0.39 is 5.54 Å². The van der Waals surface area contributed by atoms with E-state index in [4.69, 9.17) is 10.3 Å². The van der Waals surface area contributed by atoms with Crippen LogP contribution in [0.1, 0.15) is 44.9 Å². The van der Waals surface area contributed by atoms with E-state index in [0.717, 1.165) is 37.2 Å². The molecule has 0 unspecified atom stereocenters. The van der Waals surface area contributed by atoms with E-state index in [9.17, 15) is 0 Å². The molecule has 0 amide bonds. The molecule has 1 aliphatic carbocycles. The van der Waals surface area contributed by atoms with Gasteiger partial charge in [0, 0.05) is 6.20 Å². The number of hydrogen-bond acceptors (Lipinski definition) is 5. The molecular formula is C13H19N5O. The Balaban J connectivity index is 1.79. The Morgan fingerprint density at radius 3 is 2.89 bits per heavy atom. The van der Waals surface area contributed by atoms with Gasteiger partial charge < -0.3 is 10.3 Å². The Morgan fingerprint density at radius 2 is 2.26 bits per heavy atom. The van der Waals surface area contributed by atoms with E-state index in [-0.39, 0.29) is 0 Å². The number of H-pyrrole nitrogens is 1. The van der Waals surface area contributed by atoms with Crippen molar-refractivity contribution in [3.8, 4) is 11.5 Å². The summed E-state index contributed by atoms with van der Waals surface area (Å²) in [7, 11) is 0. The van der Waals surface area contributed by atoms with Gasteiger partial charge in [0.05, 0.1) is 17.3 Å². The second-order valence-corrected chi connectivity index (χ2v) is 5.42. The van der Waals surface area contributed by atoms with Gasteiger partial charge in [0.2, 0.25) is 0 Å². The lowest BCUT2D eigenvalue weighted by Crippen LogP contribution is -2.41. The maximum absolute atomic E-state index is 6.46. The van der Waals surface area contributed by atoms with Gasteiger partial charge >= 0.3 is 0 Å². The molecule has 0 spiro atoms. The third kappa shape index (κ3) is 2.28. The van der Waals surface area contributed by atoms with Crippen LogP contribution in [0.2, 0.25) is 0 Å². The van der Waals surface area contributed by atoms with Crippen LogP contribution in [0.3, 0.4) is 0 Å². The summed E-state index contributed by atoms with van der Waals surface area (Å²) in [6, 6.07) is 0. The molecule has 1 fully saturated rings. The highest BCUT2D eigenvalue weighted by molar-refractivity contribution is 5.49. The molecule has 0 radical (unpaired) electrons. The topological polar surface area (TPSA) is 93.6 Å². The smallest absolute Gasteiger partial charge is 0.261 e. The van der Waals surface area contributed by atoms with Crippen LogP contribution in [-0.2, 0) is 5.54 Å². The Labute approximate surface area is 111 Å². The molecule has 19 heavy (non-hydrogen) atoms. The fraction of sp³-hybridized carbons (Fsp3) is 0.615. The van der Waals surface area contributed by atoms with Crippen LogP contribution in [0.4, 0.5) is 0 Å². The summed E-state index contributed by atoms with van der Waals surface area (Å²) in [5.74, 6) is 1.89. The normalized spacial score (nSPS) is 27.6. The number of nitrogens with one attached hydrogen (secondary N) is 1. The van der Waals surface area contributed by atoms with E-state index in [0.29, 0.717) is 11.7 Å². The molecule has 6 heteroatoms. The van der Waals surface area contributed by atoms with Crippen molar-refractivity contribution < 1.29 is 4.52 Å². The molecule has 2 heterocycles. The minimum Gasteiger partial charge on any atom is -0.334 e. The van der Waals surface area contributed by atoms with Crippen molar-refractivity contribution in [3.63, 3.8) is 0 Å². The summed E-state index contributed by atoms with van der Waals surface area (Å²) in [5, 5.41) is 10.7. The third-order valence-corrected chi connectivity index (χ3v) is 4.19. The minimum absolute atomic E-state index is 0.433. The lowest BCUT2D eigenvalue weighted by atomic mass is 9.76. The SMILES string of the molecule is CCC1CCC(N)(c2noc(-c3cn[nH]c3)n2)CC1. The summed E-state index contributed by atoms with van der Waals surface area (Å²) in [6.45, 7) is 2.24. The van der Waals surface area contributed by atoms with Crippen molar-refractivity contribution >= 4 is 0 Å². The van der Waals surface area contributed by atoms with Gasteiger partial charge in [-0.2, -0.15) is 10.1 Å². The highest BCUT2D eigenvalue weighted by Crippen LogP contribution is 2.37. The summed E-state index contributed by atoms with van der Waals surface area (Å²) in [6.07, 6.45) is 8.75. The summed E-state index contributed by atoms with van der Waals surface area (Å²) < 4.78 is 5.28. The zero-order chi connectivity index (χ0) is 13.3. The Hall–Kier alpha value is -1.69. The number of rotatable bonds is 3. The molecule has 0 aliphatic heterocycles. The van der Waals surface area contributed by atoms with E-state index in [2.05, 4.69) is 27.3 Å². The monoisotopic (exact) mass is 261 g/mol. The molecule has 1 saturated carbocycles. The van der Waals surface area contributed by atoms with Crippen molar-refractivity contribution in [2.75, 3.05) is 0 Å². The zero-order valence-electron chi connectivity index (χ0n) is 11.1. The molecule has 2 aromatic heterocycles. The number of hydrogen-bond donors (Lipinski definition) is 2. The third-order valence-electron chi connectivity index (χ3n) is 4.19. The second-order valence-electron chi connectivity index (χ2n) is 5.42. The fourth-order valence-corrected chi connectivity index (χ4v) is 2.74. The second kappa shape index (κ2) is 4.77. The molecule has 0 atom stereocenters. The van der Waals surface area contributed by atoms with Gasteiger partial charge in [-0.3, -0.25) is 5.10 Å². The first-order valence-corrected chi connectivity index (χ1v) is 6.83. The molecule has 0 aromatic carbocycles. The van der Waals surface area contributed by atoms with Crippen molar-refractivity contribution in [1.82, 2.24) is 20.3 Å². The van der Waals surface area contributed by atoms with E-state index in [1.54, 1.807) is 12.4 Å². The van der Waals surface area contributed by atoms with Crippen molar-refractivity contribution in [1.29, 1.82) is 0 Å². The summed E-state index contributed by atoms with van der Waals surface area (Å²) in [5.41, 5.74) is 6.82. The minimum atomic E-state index is -0.433. The van der Waals surface area contributed by atoms with E-state index >= 15 is 0 Å². The summed E-state index contributed by atoms with van der Waals surface area (Å²) >= 11 is 0. The average molecular weight is 261 g/mol. The van der Waals surface area contributed by atoms with Crippen molar-refractivity contribution in [2.45, 2.75) is 44.6 Å².